The number of pyridine rings is 1. The molecule has 86 valence electrons. The summed E-state index contributed by atoms with van der Waals surface area (Å²) in [6.45, 7) is 5.68. The van der Waals surface area contributed by atoms with E-state index in [-0.39, 0.29) is 0 Å². The predicted molar refractivity (Wildman–Crippen MR) is 68.3 cm³/mol. The van der Waals surface area contributed by atoms with Crippen LogP contribution in [0.25, 0.3) is 0 Å². The van der Waals surface area contributed by atoms with Gasteiger partial charge in [0.1, 0.15) is 0 Å². The van der Waals surface area contributed by atoms with Crippen LogP contribution in [-0.2, 0) is 6.54 Å². The molecule has 1 aromatic heterocycles. The Morgan fingerprint density at radius 3 is 2.94 bits per heavy atom. The van der Waals surface area contributed by atoms with Gasteiger partial charge in [-0.25, -0.2) is 0 Å². The Bertz CT molecular complexity index is 366. The van der Waals surface area contributed by atoms with Gasteiger partial charge in [-0.1, -0.05) is 19.8 Å². The van der Waals surface area contributed by atoms with Crippen LogP contribution >= 0.6 is 0 Å². The number of terminal acetylenes is 1. The number of hydrogen-bond donors (Lipinski definition) is 1. The second-order valence-corrected chi connectivity index (χ2v) is 4.10. The average Bonchev–Trinajstić information content (AvgIpc) is 2.27. The zero-order valence-corrected chi connectivity index (χ0v) is 10.2. The van der Waals surface area contributed by atoms with Crippen LogP contribution < -0.4 is 10.2 Å². The van der Waals surface area contributed by atoms with Crippen LogP contribution in [0.3, 0.4) is 0 Å². The molecule has 0 radical (unpaired) electrons. The first-order valence-corrected chi connectivity index (χ1v) is 5.46. The van der Waals surface area contributed by atoms with Gasteiger partial charge in [0, 0.05) is 43.3 Å². The van der Waals surface area contributed by atoms with Gasteiger partial charge in [-0.3, -0.25) is 4.98 Å². The molecule has 0 atom stereocenters. The molecule has 0 spiro atoms. The minimum atomic E-state index is 0.464. The first kappa shape index (κ1) is 12.5. The molecule has 1 heterocycles. The van der Waals surface area contributed by atoms with Crippen LogP contribution in [0.1, 0.15) is 19.4 Å². The summed E-state index contributed by atoms with van der Waals surface area (Å²) in [6.07, 6.45) is 9.00. The topological polar surface area (TPSA) is 28.2 Å². The second-order valence-electron chi connectivity index (χ2n) is 4.10. The molecule has 0 aromatic carbocycles. The van der Waals surface area contributed by atoms with Crippen LogP contribution in [0.4, 0.5) is 5.69 Å². The molecular weight excluding hydrogens is 198 g/mol. The molecular formula is C13H19N3. The number of aromatic nitrogens is 1. The standard InChI is InChI=1S/C13H19N3/c1-5-8-16(4)13-6-7-14-9-12(13)10-15-11(2)3/h1,6-7,9,11,15H,8,10H2,2-4H3. The minimum absolute atomic E-state index is 0.464. The number of nitrogens with one attached hydrogen (secondary N) is 1. The molecule has 0 amide bonds. The zero-order chi connectivity index (χ0) is 12.0. The molecule has 16 heavy (non-hydrogen) atoms. The van der Waals surface area contributed by atoms with Crippen molar-refractivity contribution in [1.82, 2.24) is 10.3 Å². The minimum Gasteiger partial charge on any atom is -0.363 e. The Hall–Kier alpha value is -1.53. The lowest BCUT2D eigenvalue weighted by Crippen LogP contribution is -2.25. The summed E-state index contributed by atoms with van der Waals surface area (Å²) in [4.78, 5) is 6.20. The molecule has 3 heteroatoms. The van der Waals surface area contributed by atoms with E-state index < -0.39 is 0 Å². The predicted octanol–water partition coefficient (Wildman–Crippen LogP) is 1.65. The van der Waals surface area contributed by atoms with E-state index in [1.165, 1.54) is 5.56 Å². The Morgan fingerprint density at radius 1 is 1.56 bits per heavy atom. The van der Waals surface area contributed by atoms with Crippen LogP contribution in [0.5, 0.6) is 0 Å². The third kappa shape index (κ3) is 3.56. The summed E-state index contributed by atoms with van der Waals surface area (Å²) in [5.41, 5.74) is 2.31. The molecule has 0 aliphatic heterocycles. The molecule has 3 nitrogen and oxygen atoms in total. The summed E-state index contributed by atoms with van der Waals surface area (Å²) in [5, 5.41) is 3.38. The quantitative estimate of drug-likeness (QED) is 0.760. The van der Waals surface area contributed by atoms with Gasteiger partial charge >= 0.3 is 0 Å². The maximum atomic E-state index is 5.32. The van der Waals surface area contributed by atoms with Crippen molar-refractivity contribution >= 4 is 5.69 Å². The van der Waals surface area contributed by atoms with Crippen molar-refractivity contribution in [3.05, 3.63) is 24.0 Å². The van der Waals surface area contributed by atoms with Gasteiger partial charge in [0.15, 0.2) is 0 Å². The average molecular weight is 217 g/mol. The van der Waals surface area contributed by atoms with Crippen molar-refractivity contribution in [2.75, 3.05) is 18.5 Å². The van der Waals surface area contributed by atoms with Crippen LogP contribution in [0.15, 0.2) is 18.5 Å². The lowest BCUT2D eigenvalue weighted by atomic mass is 10.2. The lowest BCUT2D eigenvalue weighted by molar-refractivity contribution is 0.587. The summed E-state index contributed by atoms with van der Waals surface area (Å²) in [6, 6.07) is 2.46. The second kappa shape index (κ2) is 6.14. The van der Waals surface area contributed by atoms with Crippen molar-refractivity contribution in [2.45, 2.75) is 26.4 Å². The van der Waals surface area contributed by atoms with Crippen LogP contribution in [-0.4, -0.2) is 24.6 Å². The molecule has 0 saturated heterocycles. The third-order valence-electron chi connectivity index (χ3n) is 2.32. The van der Waals surface area contributed by atoms with Gasteiger partial charge in [-0.2, -0.15) is 0 Å². The van der Waals surface area contributed by atoms with Gasteiger partial charge < -0.3 is 10.2 Å². The van der Waals surface area contributed by atoms with Gasteiger partial charge in [-0.05, 0) is 6.07 Å². The Labute approximate surface area is 97.9 Å². The fraction of sp³-hybridized carbons (Fsp3) is 0.462. The van der Waals surface area contributed by atoms with Gasteiger partial charge in [0.05, 0.1) is 6.54 Å². The maximum Gasteiger partial charge on any atom is 0.0788 e. The highest BCUT2D eigenvalue weighted by molar-refractivity contribution is 5.52. The van der Waals surface area contributed by atoms with E-state index in [1.807, 2.05) is 19.3 Å². The van der Waals surface area contributed by atoms with Crippen molar-refractivity contribution in [3.63, 3.8) is 0 Å². The van der Waals surface area contributed by atoms with Gasteiger partial charge in [0.25, 0.3) is 0 Å². The van der Waals surface area contributed by atoms with Crippen molar-refractivity contribution in [2.24, 2.45) is 0 Å². The van der Waals surface area contributed by atoms with E-state index in [1.54, 1.807) is 6.20 Å². The number of anilines is 1. The molecule has 0 unspecified atom stereocenters. The van der Waals surface area contributed by atoms with Crippen molar-refractivity contribution in [3.8, 4) is 12.3 Å². The van der Waals surface area contributed by atoms with Crippen molar-refractivity contribution in [1.29, 1.82) is 0 Å². The molecule has 0 bridgehead atoms. The number of rotatable bonds is 5. The molecule has 0 fully saturated rings. The van der Waals surface area contributed by atoms with E-state index in [2.05, 4.69) is 35.0 Å². The van der Waals surface area contributed by atoms with E-state index in [0.29, 0.717) is 12.6 Å². The van der Waals surface area contributed by atoms with E-state index in [0.717, 1.165) is 12.2 Å². The molecule has 1 aromatic rings. The summed E-state index contributed by atoms with van der Waals surface area (Å²) in [5.74, 6) is 2.64. The Morgan fingerprint density at radius 2 is 2.31 bits per heavy atom. The number of hydrogen-bond acceptors (Lipinski definition) is 3. The number of nitrogens with zero attached hydrogens (tertiary/aromatic N) is 2. The van der Waals surface area contributed by atoms with Gasteiger partial charge in [0.2, 0.25) is 0 Å². The van der Waals surface area contributed by atoms with Crippen molar-refractivity contribution < 1.29 is 0 Å². The van der Waals surface area contributed by atoms with E-state index in [9.17, 15) is 0 Å². The third-order valence-corrected chi connectivity index (χ3v) is 2.32. The van der Waals surface area contributed by atoms with Crippen LogP contribution in [0, 0.1) is 12.3 Å². The SMILES string of the molecule is C#CCN(C)c1ccncc1CNC(C)C. The Balaban J connectivity index is 2.79. The fourth-order valence-corrected chi connectivity index (χ4v) is 1.46. The fourth-order valence-electron chi connectivity index (χ4n) is 1.46. The lowest BCUT2D eigenvalue weighted by Gasteiger charge is -2.20. The van der Waals surface area contributed by atoms with Crippen LogP contribution in [0.2, 0.25) is 0 Å². The zero-order valence-electron chi connectivity index (χ0n) is 10.2. The maximum absolute atomic E-state index is 5.32. The monoisotopic (exact) mass is 217 g/mol. The normalized spacial score (nSPS) is 10.2. The summed E-state index contributed by atoms with van der Waals surface area (Å²) >= 11 is 0. The first-order valence-electron chi connectivity index (χ1n) is 5.46. The van der Waals surface area contributed by atoms with Gasteiger partial charge in [-0.15, -0.1) is 6.42 Å². The highest BCUT2D eigenvalue weighted by atomic mass is 15.1. The van der Waals surface area contributed by atoms with E-state index in [4.69, 9.17) is 6.42 Å². The first-order chi connectivity index (χ1) is 7.65. The largest absolute Gasteiger partial charge is 0.363 e. The van der Waals surface area contributed by atoms with E-state index >= 15 is 0 Å². The smallest absolute Gasteiger partial charge is 0.0788 e. The highest BCUT2D eigenvalue weighted by Crippen LogP contribution is 2.17. The molecule has 0 saturated carbocycles. The molecule has 1 rings (SSSR count). The molecule has 0 aliphatic rings. The summed E-state index contributed by atoms with van der Waals surface area (Å²) < 4.78 is 0. The highest BCUT2D eigenvalue weighted by Gasteiger charge is 2.06. The Kier molecular flexibility index (Phi) is 4.81. The molecule has 1 N–H and O–H groups in total. The summed E-state index contributed by atoms with van der Waals surface area (Å²) in [7, 11) is 1.99. The molecule has 0 aliphatic carbocycles.